The lowest BCUT2D eigenvalue weighted by Gasteiger charge is -2.34. The van der Waals surface area contributed by atoms with E-state index in [1.807, 2.05) is 18.7 Å². The normalized spacial score (nSPS) is 18.8. The molecule has 2 rings (SSSR count). The largest absolute Gasteiger partial charge is 0.506 e. The Kier molecular flexibility index (Phi) is 5.95. The van der Waals surface area contributed by atoms with Crippen molar-refractivity contribution < 1.29 is 9.90 Å². The Balaban J connectivity index is 1.97. The van der Waals surface area contributed by atoms with Gasteiger partial charge in [-0.15, -0.1) is 0 Å². The number of carbonyl (C=O) groups excluding carboxylic acids is 1. The fourth-order valence-electron chi connectivity index (χ4n) is 2.70. The van der Waals surface area contributed by atoms with E-state index >= 15 is 0 Å². The van der Waals surface area contributed by atoms with E-state index in [0.717, 1.165) is 19.4 Å². The highest BCUT2D eigenvalue weighted by atomic mass is 35.5. The maximum Gasteiger partial charge on any atom is 0.225 e. The molecule has 0 saturated carbocycles. The van der Waals surface area contributed by atoms with Crippen LogP contribution in [0.4, 0.5) is 0 Å². The molecule has 1 saturated heterocycles. The minimum Gasteiger partial charge on any atom is -0.506 e. The summed E-state index contributed by atoms with van der Waals surface area (Å²) in [7, 11) is 0. The number of phenols is 1. The van der Waals surface area contributed by atoms with Crippen LogP contribution in [-0.4, -0.2) is 35.0 Å². The lowest BCUT2D eigenvalue weighted by atomic mass is 10.0. The monoisotopic (exact) mass is 344 g/mol. The zero-order valence-corrected chi connectivity index (χ0v) is 14.4. The molecule has 1 aromatic rings. The van der Waals surface area contributed by atoms with E-state index in [0.29, 0.717) is 23.7 Å². The van der Waals surface area contributed by atoms with Gasteiger partial charge in [-0.25, -0.2) is 0 Å². The first-order chi connectivity index (χ1) is 10.4. The first-order valence-electron chi connectivity index (χ1n) is 7.58. The second kappa shape index (κ2) is 7.53. The highest BCUT2D eigenvalue weighted by molar-refractivity contribution is 6.36. The number of phenolic OH excluding ortho intramolecular Hbond substituents is 1. The molecule has 6 heteroatoms. The number of nitrogens with zero attached hydrogens (tertiary/aromatic N) is 1. The van der Waals surface area contributed by atoms with Crippen molar-refractivity contribution in [2.24, 2.45) is 5.92 Å². The standard InChI is InChI=1S/C16H22Cl2N2O2/c1-10(2)16(22)20-7-3-4-11(9-20)19-8-12-13(17)5-6-14(21)15(12)18/h5-6,10-11,19,21H,3-4,7-9H2,1-2H3. The first-order valence-corrected chi connectivity index (χ1v) is 8.33. The van der Waals surface area contributed by atoms with Crippen molar-refractivity contribution in [2.75, 3.05) is 13.1 Å². The SMILES string of the molecule is CC(C)C(=O)N1CCCC(NCc2c(Cl)ccc(O)c2Cl)C1. The average Bonchev–Trinajstić information content (AvgIpc) is 2.50. The number of nitrogens with one attached hydrogen (secondary N) is 1. The van der Waals surface area contributed by atoms with E-state index in [9.17, 15) is 9.90 Å². The van der Waals surface area contributed by atoms with Crippen LogP contribution in [0, 0.1) is 5.92 Å². The molecule has 1 atom stereocenters. The van der Waals surface area contributed by atoms with Gasteiger partial charge in [0.05, 0.1) is 5.02 Å². The van der Waals surface area contributed by atoms with Crippen molar-refractivity contribution in [1.29, 1.82) is 0 Å². The smallest absolute Gasteiger partial charge is 0.225 e. The van der Waals surface area contributed by atoms with Gasteiger partial charge in [-0.1, -0.05) is 37.0 Å². The molecule has 0 aliphatic carbocycles. The Labute approximate surface area is 141 Å². The van der Waals surface area contributed by atoms with Crippen molar-refractivity contribution in [3.63, 3.8) is 0 Å². The van der Waals surface area contributed by atoms with Crippen LogP contribution in [0.25, 0.3) is 0 Å². The summed E-state index contributed by atoms with van der Waals surface area (Å²) in [6.45, 7) is 5.84. The molecule has 2 N–H and O–H groups in total. The molecule has 1 unspecified atom stereocenters. The molecule has 0 bridgehead atoms. The van der Waals surface area contributed by atoms with E-state index in [1.165, 1.54) is 6.07 Å². The van der Waals surface area contributed by atoms with Crippen molar-refractivity contribution in [1.82, 2.24) is 10.2 Å². The first kappa shape index (κ1) is 17.4. The third kappa shape index (κ3) is 4.06. The zero-order chi connectivity index (χ0) is 16.3. The highest BCUT2D eigenvalue weighted by Gasteiger charge is 2.25. The number of likely N-dealkylation sites (tertiary alicyclic amines) is 1. The quantitative estimate of drug-likeness (QED) is 0.879. The summed E-state index contributed by atoms with van der Waals surface area (Å²) in [4.78, 5) is 14.0. The molecule has 1 heterocycles. The summed E-state index contributed by atoms with van der Waals surface area (Å²) < 4.78 is 0. The molecule has 1 aliphatic heterocycles. The van der Waals surface area contributed by atoms with Crippen LogP contribution in [0.2, 0.25) is 10.0 Å². The second-order valence-corrected chi connectivity index (χ2v) is 6.80. The van der Waals surface area contributed by atoms with Gasteiger partial charge >= 0.3 is 0 Å². The van der Waals surface area contributed by atoms with Gasteiger partial charge in [0.1, 0.15) is 5.75 Å². The van der Waals surface area contributed by atoms with Gasteiger partial charge in [0.15, 0.2) is 0 Å². The molecule has 122 valence electrons. The summed E-state index contributed by atoms with van der Waals surface area (Å²) >= 11 is 12.2. The van der Waals surface area contributed by atoms with Crippen molar-refractivity contribution in [3.8, 4) is 5.75 Å². The predicted molar refractivity (Wildman–Crippen MR) is 89.4 cm³/mol. The topological polar surface area (TPSA) is 52.6 Å². The number of hydrogen-bond donors (Lipinski definition) is 2. The maximum absolute atomic E-state index is 12.1. The van der Waals surface area contributed by atoms with Gasteiger partial charge in [0, 0.05) is 42.2 Å². The van der Waals surface area contributed by atoms with Crippen LogP contribution in [0.5, 0.6) is 5.75 Å². The maximum atomic E-state index is 12.1. The molecule has 1 fully saturated rings. The fraction of sp³-hybridized carbons (Fsp3) is 0.562. The second-order valence-electron chi connectivity index (χ2n) is 6.02. The molecule has 1 amide bonds. The van der Waals surface area contributed by atoms with Gasteiger partial charge < -0.3 is 15.3 Å². The number of rotatable bonds is 4. The molecule has 0 aromatic heterocycles. The molecule has 4 nitrogen and oxygen atoms in total. The zero-order valence-electron chi connectivity index (χ0n) is 12.9. The van der Waals surface area contributed by atoms with Crippen LogP contribution in [0.3, 0.4) is 0 Å². The minimum absolute atomic E-state index is 0.0220. The summed E-state index contributed by atoms with van der Waals surface area (Å²) in [6.07, 6.45) is 1.99. The fourth-order valence-corrected chi connectivity index (χ4v) is 3.21. The number of carbonyl (C=O) groups is 1. The van der Waals surface area contributed by atoms with Gasteiger partial charge in [0.25, 0.3) is 0 Å². The molecule has 0 radical (unpaired) electrons. The Hall–Kier alpha value is -0.970. The molecule has 1 aliphatic rings. The van der Waals surface area contributed by atoms with Gasteiger partial charge in [-0.05, 0) is 25.0 Å². The Morgan fingerprint density at radius 3 is 2.86 bits per heavy atom. The van der Waals surface area contributed by atoms with Crippen molar-refractivity contribution >= 4 is 29.1 Å². The van der Waals surface area contributed by atoms with Crippen LogP contribution < -0.4 is 5.32 Å². The number of hydrogen-bond acceptors (Lipinski definition) is 3. The summed E-state index contributed by atoms with van der Waals surface area (Å²) in [5, 5.41) is 13.9. The number of halogens is 2. The summed E-state index contributed by atoms with van der Waals surface area (Å²) in [6, 6.07) is 3.33. The van der Waals surface area contributed by atoms with Crippen molar-refractivity contribution in [3.05, 3.63) is 27.7 Å². The minimum atomic E-state index is 0.0220. The van der Waals surface area contributed by atoms with Crippen molar-refractivity contribution in [2.45, 2.75) is 39.3 Å². The van der Waals surface area contributed by atoms with Gasteiger partial charge in [0.2, 0.25) is 5.91 Å². The number of piperidine rings is 1. The van der Waals surface area contributed by atoms with E-state index in [-0.39, 0.29) is 28.6 Å². The third-order valence-electron chi connectivity index (χ3n) is 3.96. The van der Waals surface area contributed by atoms with Crippen LogP contribution in [-0.2, 0) is 11.3 Å². The summed E-state index contributed by atoms with van der Waals surface area (Å²) in [5.74, 6) is 0.247. The van der Waals surface area contributed by atoms with Crippen LogP contribution in [0.15, 0.2) is 12.1 Å². The van der Waals surface area contributed by atoms with E-state index < -0.39 is 0 Å². The van der Waals surface area contributed by atoms with E-state index in [1.54, 1.807) is 6.07 Å². The Bertz CT molecular complexity index is 549. The van der Waals surface area contributed by atoms with Gasteiger partial charge in [-0.2, -0.15) is 0 Å². The number of amides is 1. The van der Waals surface area contributed by atoms with E-state index in [4.69, 9.17) is 23.2 Å². The highest BCUT2D eigenvalue weighted by Crippen LogP contribution is 2.32. The van der Waals surface area contributed by atoms with Crippen LogP contribution in [0.1, 0.15) is 32.3 Å². The van der Waals surface area contributed by atoms with Gasteiger partial charge in [-0.3, -0.25) is 4.79 Å². The van der Waals surface area contributed by atoms with E-state index in [2.05, 4.69) is 5.32 Å². The Morgan fingerprint density at radius 2 is 2.18 bits per heavy atom. The average molecular weight is 345 g/mol. The lowest BCUT2D eigenvalue weighted by molar-refractivity contribution is -0.135. The molecule has 1 aromatic carbocycles. The lowest BCUT2D eigenvalue weighted by Crippen LogP contribution is -2.48. The molecular formula is C16H22Cl2N2O2. The number of aromatic hydroxyl groups is 1. The molecular weight excluding hydrogens is 323 g/mol. The molecule has 0 spiro atoms. The Morgan fingerprint density at radius 1 is 1.45 bits per heavy atom. The number of benzene rings is 1. The third-order valence-corrected chi connectivity index (χ3v) is 4.74. The molecule has 22 heavy (non-hydrogen) atoms. The summed E-state index contributed by atoms with van der Waals surface area (Å²) in [5.41, 5.74) is 0.690. The van der Waals surface area contributed by atoms with Crippen LogP contribution >= 0.6 is 23.2 Å². The predicted octanol–water partition coefficient (Wildman–Crippen LogP) is 3.44.